The van der Waals surface area contributed by atoms with Crippen LogP contribution in [0.4, 0.5) is 5.69 Å². The summed E-state index contributed by atoms with van der Waals surface area (Å²) in [6, 6.07) is 19.2. The number of nitrogens with zero attached hydrogens (tertiary/aromatic N) is 2. The summed E-state index contributed by atoms with van der Waals surface area (Å²) in [4.78, 5) is 14.1. The highest BCUT2D eigenvalue weighted by atomic mass is 35.5. The Morgan fingerprint density at radius 1 is 1.13 bits per heavy atom. The summed E-state index contributed by atoms with van der Waals surface area (Å²) in [5.74, 6) is 1.15. The van der Waals surface area contributed by atoms with Crippen LogP contribution in [0, 0.1) is 11.3 Å². The maximum absolute atomic E-state index is 12.5. The number of rotatable bonds is 7. The number of halogens is 1. The van der Waals surface area contributed by atoms with E-state index in [0.29, 0.717) is 23.7 Å². The van der Waals surface area contributed by atoms with Gasteiger partial charge in [-0.25, -0.2) is 0 Å². The molecule has 0 bridgehead atoms. The van der Waals surface area contributed by atoms with Crippen LogP contribution in [-0.4, -0.2) is 18.2 Å². The summed E-state index contributed by atoms with van der Waals surface area (Å²) < 4.78 is 0. The molecule has 0 fully saturated rings. The maximum atomic E-state index is 12.5. The van der Waals surface area contributed by atoms with Gasteiger partial charge in [-0.2, -0.15) is 5.26 Å². The van der Waals surface area contributed by atoms with E-state index in [1.54, 1.807) is 16.7 Å². The molecule has 0 saturated heterocycles. The van der Waals surface area contributed by atoms with Crippen LogP contribution < -0.4 is 4.90 Å². The third-order valence-electron chi connectivity index (χ3n) is 3.22. The Balaban J connectivity index is 1.92. The zero-order valence-electron chi connectivity index (χ0n) is 12.6. The van der Waals surface area contributed by atoms with E-state index in [1.807, 2.05) is 54.6 Å². The summed E-state index contributed by atoms with van der Waals surface area (Å²) in [5.41, 5.74) is 1.97. The number of amides is 1. The van der Waals surface area contributed by atoms with Crippen LogP contribution in [0.2, 0.25) is 5.02 Å². The van der Waals surface area contributed by atoms with Crippen molar-refractivity contribution in [2.24, 2.45) is 0 Å². The van der Waals surface area contributed by atoms with E-state index in [9.17, 15) is 4.79 Å². The fourth-order valence-corrected chi connectivity index (χ4v) is 3.07. The Hall–Kier alpha value is -1.96. The molecule has 0 aromatic heterocycles. The minimum absolute atomic E-state index is 0.0189. The van der Waals surface area contributed by atoms with Crippen LogP contribution in [0.1, 0.15) is 12.0 Å². The molecule has 0 aliphatic heterocycles. The van der Waals surface area contributed by atoms with Gasteiger partial charge in [-0.15, -0.1) is 11.8 Å². The average Bonchev–Trinajstić information content (AvgIpc) is 2.58. The molecule has 1 amide bonds. The molecule has 0 N–H and O–H groups in total. The molecule has 2 aromatic carbocycles. The van der Waals surface area contributed by atoms with Crippen LogP contribution in [0.15, 0.2) is 54.6 Å². The fourth-order valence-electron chi connectivity index (χ4n) is 2.08. The van der Waals surface area contributed by atoms with E-state index in [0.717, 1.165) is 17.0 Å². The molecule has 0 heterocycles. The lowest BCUT2D eigenvalue weighted by atomic mass is 10.2. The maximum Gasteiger partial charge on any atom is 0.237 e. The van der Waals surface area contributed by atoms with Crippen molar-refractivity contribution >= 4 is 35.0 Å². The first-order valence-electron chi connectivity index (χ1n) is 7.25. The van der Waals surface area contributed by atoms with E-state index >= 15 is 0 Å². The van der Waals surface area contributed by atoms with Crippen LogP contribution >= 0.6 is 23.4 Å². The Morgan fingerprint density at radius 2 is 1.83 bits per heavy atom. The Bertz CT molecular complexity index is 668. The normalized spacial score (nSPS) is 10.1. The van der Waals surface area contributed by atoms with Gasteiger partial charge in [-0.1, -0.05) is 41.9 Å². The molecular weight excluding hydrogens is 328 g/mol. The van der Waals surface area contributed by atoms with Gasteiger partial charge in [0, 0.05) is 23.0 Å². The number of hydrogen-bond donors (Lipinski definition) is 0. The van der Waals surface area contributed by atoms with Crippen LogP contribution in [0.3, 0.4) is 0 Å². The van der Waals surface area contributed by atoms with Gasteiger partial charge in [0.25, 0.3) is 0 Å². The second kappa shape index (κ2) is 9.24. The smallest absolute Gasteiger partial charge is 0.237 e. The monoisotopic (exact) mass is 344 g/mol. The number of benzene rings is 2. The lowest BCUT2D eigenvalue weighted by molar-refractivity contribution is -0.116. The predicted octanol–water partition coefficient (Wildman–Crippen LogP) is 4.52. The number of carbonyl (C=O) groups excluding carboxylic acids is 1. The molecule has 0 atom stereocenters. The Morgan fingerprint density at radius 3 is 2.48 bits per heavy atom. The molecule has 0 unspecified atom stereocenters. The highest BCUT2D eigenvalue weighted by molar-refractivity contribution is 7.99. The van der Waals surface area contributed by atoms with Gasteiger partial charge in [0.05, 0.1) is 18.2 Å². The molecule has 0 aliphatic carbocycles. The van der Waals surface area contributed by atoms with Crippen molar-refractivity contribution in [3.63, 3.8) is 0 Å². The summed E-state index contributed by atoms with van der Waals surface area (Å²) in [5, 5.41) is 9.50. The lowest BCUT2D eigenvalue weighted by Gasteiger charge is -2.21. The second-order valence-electron chi connectivity index (χ2n) is 4.91. The van der Waals surface area contributed by atoms with Gasteiger partial charge in [-0.3, -0.25) is 4.79 Å². The van der Waals surface area contributed by atoms with E-state index in [4.69, 9.17) is 16.9 Å². The van der Waals surface area contributed by atoms with Crippen molar-refractivity contribution in [2.75, 3.05) is 17.2 Å². The molecule has 3 nitrogen and oxygen atoms in total. The number of para-hydroxylation sites is 1. The molecule has 2 rings (SSSR count). The topological polar surface area (TPSA) is 44.1 Å². The largest absolute Gasteiger partial charge is 0.311 e. The number of carbonyl (C=O) groups is 1. The van der Waals surface area contributed by atoms with Crippen LogP contribution in [0.5, 0.6) is 0 Å². The number of nitriles is 1. The Labute approximate surface area is 145 Å². The molecule has 0 radical (unpaired) electrons. The van der Waals surface area contributed by atoms with E-state index in [-0.39, 0.29) is 5.91 Å². The fraction of sp³-hybridized carbons (Fsp3) is 0.222. The van der Waals surface area contributed by atoms with E-state index in [2.05, 4.69) is 6.07 Å². The van der Waals surface area contributed by atoms with Gasteiger partial charge >= 0.3 is 0 Å². The van der Waals surface area contributed by atoms with Crippen molar-refractivity contribution in [3.8, 4) is 6.07 Å². The number of anilines is 1. The van der Waals surface area contributed by atoms with Crippen molar-refractivity contribution in [1.82, 2.24) is 0 Å². The Kier molecular flexibility index (Phi) is 6.99. The standard InChI is InChI=1S/C18H17ClN2OS/c19-16-9-7-15(8-10-16)13-23-14-18(22)21(12-4-11-20)17-5-2-1-3-6-17/h1-3,5-10H,4,12-14H2. The first-order valence-corrected chi connectivity index (χ1v) is 8.78. The SMILES string of the molecule is N#CCCN(C(=O)CSCc1ccc(Cl)cc1)c1ccccc1. The predicted molar refractivity (Wildman–Crippen MR) is 96.6 cm³/mol. The summed E-state index contributed by atoms with van der Waals surface area (Å²) in [7, 11) is 0. The van der Waals surface area contributed by atoms with Crippen LogP contribution in [0.25, 0.3) is 0 Å². The highest BCUT2D eigenvalue weighted by Crippen LogP contribution is 2.19. The summed E-state index contributed by atoms with van der Waals surface area (Å²) >= 11 is 7.42. The van der Waals surface area contributed by atoms with E-state index < -0.39 is 0 Å². The minimum atomic E-state index is 0.0189. The van der Waals surface area contributed by atoms with Gasteiger partial charge < -0.3 is 4.90 Å². The summed E-state index contributed by atoms with van der Waals surface area (Å²) in [6.45, 7) is 0.418. The zero-order chi connectivity index (χ0) is 16.5. The minimum Gasteiger partial charge on any atom is -0.311 e. The quantitative estimate of drug-likeness (QED) is 0.741. The molecule has 2 aromatic rings. The molecule has 0 saturated carbocycles. The zero-order valence-corrected chi connectivity index (χ0v) is 14.2. The third-order valence-corrected chi connectivity index (χ3v) is 4.46. The molecule has 23 heavy (non-hydrogen) atoms. The lowest BCUT2D eigenvalue weighted by Crippen LogP contribution is -2.33. The number of thioether (sulfide) groups is 1. The van der Waals surface area contributed by atoms with Gasteiger partial charge in [0.15, 0.2) is 0 Å². The molecule has 118 valence electrons. The van der Waals surface area contributed by atoms with Crippen LogP contribution in [-0.2, 0) is 10.5 Å². The number of hydrogen-bond acceptors (Lipinski definition) is 3. The van der Waals surface area contributed by atoms with Crippen molar-refractivity contribution in [2.45, 2.75) is 12.2 Å². The molecule has 5 heteroatoms. The molecular formula is C18H17ClN2OS. The summed E-state index contributed by atoms with van der Waals surface area (Å²) in [6.07, 6.45) is 0.322. The first-order chi connectivity index (χ1) is 11.2. The van der Waals surface area contributed by atoms with Crippen molar-refractivity contribution < 1.29 is 4.79 Å². The molecule has 0 aliphatic rings. The molecule has 0 spiro atoms. The first kappa shape index (κ1) is 17.4. The second-order valence-corrected chi connectivity index (χ2v) is 6.33. The third kappa shape index (κ3) is 5.63. The van der Waals surface area contributed by atoms with Crippen molar-refractivity contribution in [3.05, 3.63) is 65.2 Å². The van der Waals surface area contributed by atoms with Crippen molar-refractivity contribution in [1.29, 1.82) is 5.26 Å². The van der Waals surface area contributed by atoms with Gasteiger partial charge in [-0.05, 0) is 29.8 Å². The highest BCUT2D eigenvalue weighted by Gasteiger charge is 2.15. The average molecular weight is 345 g/mol. The van der Waals surface area contributed by atoms with Gasteiger partial charge in [0.1, 0.15) is 0 Å². The van der Waals surface area contributed by atoms with Gasteiger partial charge in [0.2, 0.25) is 5.91 Å². The van der Waals surface area contributed by atoms with E-state index in [1.165, 1.54) is 0 Å².